The molecule has 12 heteroatoms. The van der Waals surface area contributed by atoms with Gasteiger partial charge in [-0.3, -0.25) is 4.90 Å². The largest absolute Gasteiger partial charge is 0.461 e. The number of anilines is 1. The van der Waals surface area contributed by atoms with Gasteiger partial charge in [-0.25, -0.2) is 8.78 Å². The van der Waals surface area contributed by atoms with E-state index in [4.69, 9.17) is 9.72 Å². The van der Waals surface area contributed by atoms with Crippen LogP contribution in [0, 0.1) is 11.6 Å². The molecule has 2 unspecified atom stereocenters. The smallest absolute Gasteiger partial charge is 0.417 e. The fourth-order valence-corrected chi connectivity index (χ4v) is 7.96. The van der Waals surface area contributed by atoms with E-state index < -0.39 is 28.9 Å². The van der Waals surface area contributed by atoms with Crippen LogP contribution in [0.25, 0.3) is 32.9 Å². The molecule has 0 radical (unpaired) electrons. The van der Waals surface area contributed by atoms with E-state index in [0.29, 0.717) is 25.5 Å². The fourth-order valence-electron chi connectivity index (χ4n) is 7.96. The van der Waals surface area contributed by atoms with Gasteiger partial charge in [0.05, 0.1) is 16.7 Å². The molecule has 8 rings (SSSR count). The number of nitrogens with one attached hydrogen (secondary N) is 2. The summed E-state index contributed by atoms with van der Waals surface area (Å²) in [6.45, 7) is 3.61. The molecular weight excluding hydrogens is 567 g/mol. The van der Waals surface area contributed by atoms with Crippen molar-refractivity contribution in [3.63, 3.8) is 0 Å². The second-order valence-electron chi connectivity index (χ2n) is 12.5. The predicted molar refractivity (Wildman–Crippen MR) is 152 cm³/mol. The first-order chi connectivity index (χ1) is 20.7. The van der Waals surface area contributed by atoms with Crippen molar-refractivity contribution in [1.82, 2.24) is 25.2 Å². The second kappa shape index (κ2) is 9.75. The highest BCUT2D eigenvalue weighted by molar-refractivity contribution is 6.02. The zero-order chi connectivity index (χ0) is 29.5. The third kappa shape index (κ3) is 4.35. The molecule has 4 aliphatic rings. The van der Waals surface area contributed by atoms with Gasteiger partial charge in [-0.05, 0) is 69.8 Å². The first kappa shape index (κ1) is 27.1. The van der Waals surface area contributed by atoms with E-state index in [1.807, 2.05) is 4.90 Å². The highest BCUT2D eigenvalue weighted by Gasteiger charge is 2.45. The Morgan fingerprint density at radius 1 is 1.02 bits per heavy atom. The molecule has 4 aliphatic heterocycles. The second-order valence-corrected chi connectivity index (χ2v) is 12.5. The lowest BCUT2D eigenvalue weighted by atomic mass is 9.95. The first-order valence-corrected chi connectivity index (χ1v) is 15.0. The molecule has 0 spiro atoms. The first-order valence-electron chi connectivity index (χ1n) is 15.0. The Balaban J connectivity index is 1.28. The summed E-state index contributed by atoms with van der Waals surface area (Å²) in [4.78, 5) is 16.4. The summed E-state index contributed by atoms with van der Waals surface area (Å²) in [7, 11) is 0. The quantitative estimate of drug-likeness (QED) is 0.274. The molecule has 2 aromatic carbocycles. The number of ether oxygens (including phenoxy) is 1. The molecule has 43 heavy (non-hydrogen) atoms. The monoisotopic (exact) mass is 598 g/mol. The summed E-state index contributed by atoms with van der Waals surface area (Å²) in [5.41, 5.74) is -1.90. The molecule has 7 nitrogen and oxygen atoms in total. The maximum atomic E-state index is 16.6. The van der Waals surface area contributed by atoms with Crippen LogP contribution in [0.4, 0.5) is 27.8 Å². The number of nitrogens with zero attached hydrogens (tertiary/aromatic N) is 4. The van der Waals surface area contributed by atoms with E-state index in [2.05, 4.69) is 20.2 Å². The van der Waals surface area contributed by atoms with Crippen LogP contribution in [-0.2, 0) is 6.18 Å². The highest BCUT2D eigenvalue weighted by atomic mass is 19.4. The maximum absolute atomic E-state index is 16.6. The van der Waals surface area contributed by atoms with E-state index in [9.17, 15) is 13.2 Å². The SMILES string of the molecule is Fc1cc2c(N3CC4CCC(C3)N4)nc(OCC34CCCN3CCC4)nc2c(F)c1-c1c[nH]c2cccc(C(F)(F)F)c12. The molecule has 4 fully saturated rings. The van der Waals surface area contributed by atoms with Crippen LogP contribution in [0.3, 0.4) is 0 Å². The lowest BCUT2D eigenvalue weighted by Gasteiger charge is -2.34. The topological polar surface area (TPSA) is 69.3 Å². The van der Waals surface area contributed by atoms with Gasteiger partial charge in [0, 0.05) is 53.2 Å². The Morgan fingerprint density at radius 2 is 1.77 bits per heavy atom. The molecule has 2 atom stereocenters. The average Bonchev–Trinajstić information content (AvgIpc) is 3.75. The van der Waals surface area contributed by atoms with Crippen molar-refractivity contribution >= 4 is 27.6 Å². The summed E-state index contributed by atoms with van der Waals surface area (Å²) in [6.07, 6.45) is 2.67. The minimum atomic E-state index is -4.72. The van der Waals surface area contributed by atoms with E-state index in [0.717, 1.165) is 63.7 Å². The van der Waals surface area contributed by atoms with Crippen LogP contribution in [0.5, 0.6) is 6.01 Å². The lowest BCUT2D eigenvalue weighted by Crippen LogP contribution is -2.51. The van der Waals surface area contributed by atoms with Crippen LogP contribution in [-0.4, -0.2) is 70.3 Å². The van der Waals surface area contributed by atoms with Gasteiger partial charge in [-0.1, -0.05) is 6.07 Å². The molecular formula is C31H31F5N6O. The third-order valence-corrected chi connectivity index (χ3v) is 9.92. The van der Waals surface area contributed by atoms with Crippen LogP contribution in [0.15, 0.2) is 30.5 Å². The molecule has 4 aromatic rings. The van der Waals surface area contributed by atoms with Gasteiger partial charge in [0.25, 0.3) is 0 Å². The van der Waals surface area contributed by atoms with Crippen molar-refractivity contribution in [2.24, 2.45) is 0 Å². The Morgan fingerprint density at radius 3 is 2.49 bits per heavy atom. The van der Waals surface area contributed by atoms with Crippen molar-refractivity contribution in [2.45, 2.75) is 62.3 Å². The summed E-state index contributed by atoms with van der Waals surface area (Å²) in [6, 6.07) is 5.24. The van der Waals surface area contributed by atoms with E-state index in [-0.39, 0.29) is 51.0 Å². The Hall–Kier alpha value is -3.51. The number of piperazine rings is 1. The maximum Gasteiger partial charge on any atom is 0.417 e. The minimum absolute atomic E-state index is 0.00660. The molecule has 226 valence electrons. The molecule has 4 saturated heterocycles. The average molecular weight is 599 g/mol. The van der Waals surface area contributed by atoms with Gasteiger partial charge in [-0.15, -0.1) is 0 Å². The zero-order valence-electron chi connectivity index (χ0n) is 23.4. The number of hydrogen-bond acceptors (Lipinski definition) is 6. The molecule has 2 bridgehead atoms. The van der Waals surface area contributed by atoms with Crippen LogP contribution in [0.1, 0.15) is 44.1 Å². The number of H-pyrrole nitrogens is 1. The van der Waals surface area contributed by atoms with Crippen LogP contribution < -0.4 is 15.0 Å². The number of fused-ring (bicyclic) bond motifs is 5. The predicted octanol–water partition coefficient (Wildman–Crippen LogP) is 6.02. The van der Waals surface area contributed by atoms with Crippen molar-refractivity contribution < 1.29 is 26.7 Å². The summed E-state index contributed by atoms with van der Waals surface area (Å²) in [5.74, 6) is -1.64. The van der Waals surface area contributed by atoms with Crippen molar-refractivity contribution in [3.8, 4) is 17.1 Å². The summed E-state index contributed by atoms with van der Waals surface area (Å²) < 4.78 is 80.7. The fraction of sp³-hybridized carbons (Fsp3) is 0.484. The molecule has 2 N–H and O–H groups in total. The van der Waals surface area contributed by atoms with Gasteiger partial charge in [0.15, 0.2) is 5.82 Å². The zero-order valence-corrected chi connectivity index (χ0v) is 23.4. The van der Waals surface area contributed by atoms with Gasteiger partial charge < -0.3 is 19.9 Å². The van der Waals surface area contributed by atoms with E-state index in [1.54, 1.807) is 0 Å². The number of alkyl halides is 3. The summed E-state index contributed by atoms with van der Waals surface area (Å²) in [5, 5.41) is 3.44. The standard InChI is InChI=1S/C31H31F5N6O/c32-22-12-19-27(26(33)25(22)20-13-37-23-5-1-4-21(24(20)23)31(34,35)36)39-29(43-16-30-8-2-10-42(30)11-3-9-30)40-28(19)41-14-17-6-7-18(15-41)38-17/h1,4-5,12-13,17-18,37-38H,2-3,6-11,14-16H2. The number of halogens is 5. The molecule has 0 amide bonds. The third-order valence-electron chi connectivity index (χ3n) is 9.92. The van der Waals surface area contributed by atoms with Crippen LogP contribution in [0.2, 0.25) is 0 Å². The van der Waals surface area contributed by atoms with Gasteiger partial charge in [0.2, 0.25) is 0 Å². The number of hydrogen-bond donors (Lipinski definition) is 2. The normalized spacial score (nSPS) is 23.5. The van der Waals surface area contributed by atoms with E-state index in [1.165, 1.54) is 18.3 Å². The van der Waals surface area contributed by atoms with Crippen molar-refractivity contribution in [2.75, 3.05) is 37.7 Å². The van der Waals surface area contributed by atoms with Gasteiger partial charge in [-0.2, -0.15) is 23.1 Å². The molecule has 2 aromatic heterocycles. The Kier molecular flexibility index (Phi) is 6.14. The molecule has 6 heterocycles. The summed E-state index contributed by atoms with van der Waals surface area (Å²) >= 11 is 0. The van der Waals surface area contributed by atoms with Crippen LogP contribution >= 0.6 is 0 Å². The minimum Gasteiger partial charge on any atom is -0.461 e. The van der Waals surface area contributed by atoms with Crippen molar-refractivity contribution in [3.05, 3.63) is 47.7 Å². The number of aromatic nitrogens is 3. The lowest BCUT2D eigenvalue weighted by molar-refractivity contribution is -0.136. The van der Waals surface area contributed by atoms with Gasteiger partial charge in [0.1, 0.15) is 23.8 Å². The van der Waals surface area contributed by atoms with Crippen molar-refractivity contribution in [1.29, 1.82) is 0 Å². The Labute approximate surface area is 244 Å². The molecule has 0 aliphatic carbocycles. The number of rotatable bonds is 5. The Bertz CT molecular complexity index is 1720. The number of benzene rings is 2. The number of aromatic amines is 1. The van der Waals surface area contributed by atoms with Gasteiger partial charge >= 0.3 is 12.2 Å². The highest BCUT2D eigenvalue weighted by Crippen LogP contribution is 2.44. The molecule has 0 saturated carbocycles. The van der Waals surface area contributed by atoms with E-state index >= 15 is 8.78 Å².